The molecular weight excluding hydrogens is 356 g/mol. The highest BCUT2D eigenvalue weighted by Gasteiger charge is 2.14. The van der Waals surface area contributed by atoms with Crippen molar-refractivity contribution in [2.45, 2.75) is 13.0 Å². The number of anilines is 1. The third-order valence-electron chi connectivity index (χ3n) is 1.90. The van der Waals surface area contributed by atoms with Gasteiger partial charge in [0.25, 0.3) is 0 Å². The number of amides is 2. The van der Waals surface area contributed by atoms with Crippen molar-refractivity contribution in [3.05, 3.63) is 27.1 Å². The van der Waals surface area contributed by atoms with Crippen LogP contribution in [0.15, 0.2) is 27.1 Å². The molecule has 0 saturated carbocycles. The highest BCUT2D eigenvalue weighted by atomic mass is 79.9. The van der Waals surface area contributed by atoms with Crippen molar-refractivity contribution < 1.29 is 14.7 Å². The van der Waals surface area contributed by atoms with Crippen LogP contribution < -0.4 is 10.6 Å². The Bertz CT molecular complexity index is 451. The monoisotopic (exact) mass is 364 g/mol. The van der Waals surface area contributed by atoms with E-state index in [-0.39, 0.29) is 0 Å². The lowest BCUT2D eigenvalue weighted by atomic mass is 10.3. The molecule has 0 radical (unpaired) electrons. The summed E-state index contributed by atoms with van der Waals surface area (Å²) in [6, 6.07) is 3.73. The van der Waals surface area contributed by atoms with Crippen LogP contribution in [0.3, 0.4) is 0 Å². The summed E-state index contributed by atoms with van der Waals surface area (Å²) in [4.78, 5) is 22.0. The molecule has 0 heterocycles. The van der Waals surface area contributed by atoms with Gasteiger partial charge in [0, 0.05) is 8.95 Å². The quantitative estimate of drug-likeness (QED) is 0.770. The van der Waals surface area contributed by atoms with Crippen LogP contribution in [0.5, 0.6) is 0 Å². The number of urea groups is 1. The molecule has 7 heteroatoms. The van der Waals surface area contributed by atoms with Gasteiger partial charge < -0.3 is 15.7 Å². The third-order valence-corrected chi connectivity index (χ3v) is 3.05. The summed E-state index contributed by atoms with van der Waals surface area (Å²) < 4.78 is 1.57. The largest absolute Gasteiger partial charge is 0.480 e. The first-order valence-corrected chi connectivity index (χ1v) is 6.24. The molecule has 1 aromatic carbocycles. The van der Waals surface area contributed by atoms with Crippen LogP contribution in [0.2, 0.25) is 0 Å². The molecule has 1 aromatic rings. The Morgan fingerprint density at radius 1 is 1.35 bits per heavy atom. The van der Waals surface area contributed by atoms with E-state index in [4.69, 9.17) is 5.11 Å². The second kappa shape index (κ2) is 6.02. The third kappa shape index (κ3) is 4.35. The molecule has 3 N–H and O–H groups in total. The molecule has 17 heavy (non-hydrogen) atoms. The molecule has 0 saturated heterocycles. The van der Waals surface area contributed by atoms with E-state index in [1.807, 2.05) is 0 Å². The number of hydrogen-bond donors (Lipinski definition) is 3. The SMILES string of the molecule is C[C@@H](NC(=O)Nc1ccc(Br)cc1Br)C(=O)O. The summed E-state index contributed by atoms with van der Waals surface area (Å²) in [5, 5.41) is 13.5. The molecule has 1 atom stereocenters. The average Bonchev–Trinajstić information content (AvgIpc) is 2.22. The highest BCUT2D eigenvalue weighted by molar-refractivity contribution is 9.11. The number of aliphatic carboxylic acids is 1. The van der Waals surface area contributed by atoms with Crippen molar-refractivity contribution in [3.8, 4) is 0 Å². The molecule has 0 aliphatic heterocycles. The Labute approximate surface area is 115 Å². The maximum Gasteiger partial charge on any atom is 0.325 e. The zero-order chi connectivity index (χ0) is 13.0. The standard InChI is InChI=1S/C10H10Br2N2O3/c1-5(9(15)16)13-10(17)14-8-3-2-6(11)4-7(8)12/h2-5H,1H3,(H,15,16)(H2,13,14,17)/t5-/m1/s1. The van der Waals surface area contributed by atoms with Crippen LogP contribution in [0, 0.1) is 0 Å². The van der Waals surface area contributed by atoms with Gasteiger partial charge in [0.1, 0.15) is 6.04 Å². The van der Waals surface area contributed by atoms with E-state index in [1.54, 1.807) is 18.2 Å². The molecule has 0 aliphatic carbocycles. The number of carbonyl (C=O) groups is 2. The molecule has 0 unspecified atom stereocenters. The summed E-state index contributed by atoms with van der Waals surface area (Å²) in [7, 11) is 0. The van der Waals surface area contributed by atoms with Gasteiger partial charge in [-0.3, -0.25) is 4.79 Å². The number of carboxylic acids is 1. The molecule has 0 fully saturated rings. The highest BCUT2D eigenvalue weighted by Crippen LogP contribution is 2.25. The Morgan fingerprint density at radius 2 is 2.00 bits per heavy atom. The lowest BCUT2D eigenvalue weighted by Crippen LogP contribution is -2.40. The predicted octanol–water partition coefficient (Wildman–Crippen LogP) is 2.81. The van der Waals surface area contributed by atoms with Gasteiger partial charge in [-0.1, -0.05) is 15.9 Å². The Kier molecular flexibility index (Phi) is 4.95. The van der Waals surface area contributed by atoms with Crippen LogP contribution in [0.4, 0.5) is 10.5 Å². The molecule has 5 nitrogen and oxygen atoms in total. The van der Waals surface area contributed by atoms with Crippen LogP contribution in [-0.4, -0.2) is 23.1 Å². The van der Waals surface area contributed by atoms with Gasteiger partial charge in [0.05, 0.1) is 5.69 Å². The smallest absolute Gasteiger partial charge is 0.325 e. The number of rotatable bonds is 3. The molecule has 0 aliphatic rings. The summed E-state index contributed by atoms with van der Waals surface area (Å²) in [5.74, 6) is -1.09. The van der Waals surface area contributed by atoms with E-state index in [1.165, 1.54) is 6.92 Å². The second-order valence-corrected chi connectivity index (χ2v) is 5.05. The number of hydrogen-bond acceptors (Lipinski definition) is 2. The lowest BCUT2D eigenvalue weighted by molar-refractivity contribution is -0.138. The molecule has 1 rings (SSSR count). The number of nitrogens with one attached hydrogen (secondary N) is 2. The van der Waals surface area contributed by atoms with Crippen LogP contribution >= 0.6 is 31.9 Å². The van der Waals surface area contributed by atoms with Crippen LogP contribution in [-0.2, 0) is 4.79 Å². The first-order valence-electron chi connectivity index (χ1n) is 4.65. The minimum atomic E-state index is -1.09. The van der Waals surface area contributed by atoms with E-state index in [2.05, 4.69) is 42.5 Å². The molecule has 92 valence electrons. The predicted molar refractivity (Wildman–Crippen MR) is 71.1 cm³/mol. The maximum absolute atomic E-state index is 11.4. The van der Waals surface area contributed by atoms with Gasteiger partial charge >= 0.3 is 12.0 Å². The topological polar surface area (TPSA) is 78.4 Å². The van der Waals surface area contributed by atoms with Gasteiger partial charge in [-0.05, 0) is 41.1 Å². The number of benzene rings is 1. The zero-order valence-electron chi connectivity index (χ0n) is 8.83. The Hall–Kier alpha value is -1.08. The molecule has 0 spiro atoms. The van der Waals surface area contributed by atoms with E-state index >= 15 is 0 Å². The van der Waals surface area contributed by atoms with Crippen molar-refractivity contribution in [1.82, 2.24) is 5.32 Å². The zero-order valence-corrected chi connectivity index (χ0v) is 12.0. The van der Waals surface area contributed by atoms with Crippen molar-refractivity contribution in [2.24, 2.45) is 0 Å². The van der Waals surface area contributed by atoms with Gasteiger partial charge in [0.15, 0.2) is 0 Å². The summed E-state index contributed by atoms with van der Waals surface area (Å²) in [6.45, 7) is 1.39. The van der Waals surface area contributed by atoms with Gasteiger partial charge in [0.2, 0.25) is 0 Å². The fraction of sp³-hybridized carbons (Fsp3) is 0.200. The number of carbonyl (C=O) groups excluding carboxylic acids is 1. The minimum Gasteiger partial charge on any atom is -0.480 e. The summed E-state index contributed by atoms with van der Waals surface area (Å²) in [5.41, 5.74) is 0.559. The maximum atomic E-state index is 11.4. The Balaban J connectivity index is 2.65. The lowest BCUT2D eigenvalue weighted by Gasteiger charge is -2.11. The van der Waals surface area contributed by atoms with Crippen molar-refractivity contribution in [2.75, 3.05) is 5.32 Å². The van der Waals surface area contributed by atoms with Crippen LogP contribution in [0.1, 0.15) is 6.92 Å². The van der Waals surface area contributed by atoms with Gasteiger partial charge in [-0.15, -0.1) is 0 Å². The average molecular weight is 366 g/mol. The molecule has 0 bridgehead atoms. The number of carboxylic acid groups (broad SMARTS) is 1. The fourth-order valence-corrected chi connectivity index (χ4v) is 2.15. The van der Waals surface area contributed by atoms with Crippen molar-refractivity contribution >= 4 is 49.5 Å². The van der Waals surface area contributed by atoms with E-state index in [0.29, 0.717) is 10.2 Å². The second-order valence-electron chi connectivity index (χ2n) is 3.28. The van der Waals surface area contributed by atoms with Crippen molar-refractivity contribution in [1.29, 1.82) is 0 Å². The molecule has 0 aromatic heterocycles. The molecular formula is C10H10Br2N2O3. The van der Waals surface area contributed by atoms with E-state index < -0.39 is 18.0 Å². The van der Waals surface area contributed by atoms with Gasteiger partial charge in [-0.25, -0.2) is 4.79 Å². The normalized spacial score (nSPS) is 11.7. The molecule has 2 amide bonds. The summed E-state index contributed by atoms with van der Waals surface area (Å²) >= 11 is 6.57. The fourth-order valence-electron chi connectivity index (χ4n) is 1.01. The van der Waals surface area contributed by atoms with E-state index in [0.717, 1.165) is 4.47 Å². The van der Waals surface area contributed by atoms with E-state index in [9.17, 15) is 9.59 Å². The first kappa shape index (κ1) is 14.0. The van der Waals surface area contributed by atoms with Gasteiger partial charge in [-0.2, -0.15) is 0 Å². The number of halogens is 2. The first-order chi connectivity index (χ1) is 7.90. The van der Waals surface area contributed by atoms with Crippen LogP contribution in [0.25, 0.3) is 0 Å². The van der Waals surface area contributed by atoms with Crippen molar-refractivity contribution in [3.63, 3.8) is 0 Å². The minimum absolute atomic E-state index is 0.559. The summed E-state index contributed by atoms with van der Waals surface area (Å²) in [6.07, 6.45) is 0. The Morgan fingerprint density at radius 3 is 2.53 bits per heavy atom.